The van der Waals surface area contributed by atoms with Crippen molar-refractivity contribution in [2.75, 3.05) is 27.9 Å². The molecule has 0 amide bonds. The number of nitrogens with zero attached hydrogens (tertiary/aromatic N) is 1. The van der Waals surface area contributed by atoms with Gasteiger partial charge in [-0.25, -0.2) is 0 Å². The van der Waals surface area contributed by atoms with Crippen molar-refractivity contribution >= 4 is 11.5 Å². The molecule has 0 bridgehead atoms. The Morgan fingerprint density at radius 2 is 1.79 bits per heavy atom. The van der Waals surface area contributed by atoms with Crippen molar-refractivity contribution in [2.24, 2.45) is 4.99 Å². The number of ketones is 1. The van der Waals surface area contributed by atoms with Gasteiger partial charge in [0.05, 0.1) is 32.6 Å². The van der Waals surface area contributed by atoms with Crippen LogP contribution in [0.15, 0.2) is 29.3 Å². The van der Waals surface area contributed by atoms with Gasteiger partial charge >= 0.3 is 0 Å². The van der Waals surface area contributed by atoms with Gasteiger partial charge in [-0.3, -0.25) is 9.79 Å². The van der Waals surface area contributed by atoms with Gasteiger partial charge in [-0.15, -0.1) is 0 Å². The molecule has 0 fully saturated rings. The predicted octanol–water partition coefficient (Wildman–Crippen LogP) is 2.65. The lowest BCUT2D eigenvalue weighted by Crippen LogP contribution is -2.27. The lowest BCUT2D eigenvalue weighted by atomic mass is 9.78. The molecule has 5 heteroatoms. The minimum absolute atomic E-state index is 0.0863. The molecule has 1 heterocycles. The third-order valence-corrected chi connectivity index (χ3v) is 4.59. The second-order valence-corrected chi connectivity index (χ2v) is 5.74. The fraction of sp³-hybridized carbons (Fsp3) is 0.263. The number of benzene rings is 2. The van der Waals surface area contributed by atoms with Gasteiger partial charge < -0.3 is 14.2 Å². The summed E-state index contributed by atoms with van der Waals surface area (Å²) in [5.41, 5.74) is 4.76. The predicted molar refractivity (Wildman–Crippen MR) is 90.2 cm³/mol. The first-order valence-electron chi connectivity index (χ1n) is 7.75. The molecule has 2 aromatic rings. The maximum absolute atomic E-state index is 13.2. The Balaban J connectivity index is 2.07. The summed E-state index contributed by atoms with van der Waals surface area (Å²) < 4.78 is 16.2. The summed E-state index contributed by atoms with van der Waals surface area (Å²) in [5, 5.41) is 0. The summed E-state index contributed by atoms with van der Waals surface area (Å²) in [5.74, 6) is 1.59. The van der Waals surface area contributed by atoms with E-state index in [4.69, 9.17) is 19.2 Å². The monoisotopic (exact) mass is 323 g/mol. The van der Waals surface area contributed by atoms with Crippen LogP contribution in [0.2, 0.25) is 0 Å². The summed E-state index contributed by atoms with van der Waals surface area (Å²) in [7, 11) is 4.72. The quantitative estimate of drug-likeness (QED) is 0.743. The lowest BCUT2D eigenvalue weighted by molar-refractivity contribution is 0.103. The number of hydrogen-bond acceptors (Lipinski definition) is 5. The number of aliphatic imine (C=N–C) groups is 1. The highest BCUT2D eigenvalue weighted by Crippen LogP contribution is 2.43. The number of carbonyl (C=O) groups is 1. The van der Waals surface area contributed by atoms with E-state index in [1.54, 1.807) is 27.4 Å². The Hall–Kier alpha value is -2.82. The molecule has 24 heavy (non-hydrogen) atoms. The molecule has 0 radical (unpaired) electrons. The van der Waals surface area contributed by atoms with Crippen molar-refractivity contribution in [1.82, 2.24) is 0 Å². The van der Waals surface area contributed by atoms with E-state index in [-0.39, 0.29) is 5.78 Å². The Kier molecular flexibility index (Phi) is 3.30. The van der Waals surface area contributed by atoms with Crippen molar-refractivity contribution in [3.05, 3.63) is 52.1 Å². The first kappa shape index (κ1) is 14.8. The molecule has 0 saturated carbocycles. The summed E-state index contributed by atoms with van der Waals surface area (Å²) >= 11 is 0. The van der Waals surface area contributed by atoms with Crippen LogP contribution in [0.4, 0.5) is 0 Å². The second kappa shape index (κ2) is 5.37. The Morgan fingerprint density at radius 3 is 2.50 bits per heavy atom. The average Bonchev–Trinajstić information content (AvgIpc) is 2.64. The number of methoxy groups -OCH3 is 3. The van der Waals surface area contributed by atoms with E-state index >= 15 is 0 Å². The number of hydrogen-bond donors (Lipinski definition) is 0. The molecule has 0 spiro atoms. The largest absolute Gasteiger partial charge is 0.497 e. The van der Waals surface area contributed by atoms with E-state index in [0.717, 1.165) is 28.8 Å². The molecule has 5 nitrogen and oxygen atoms in total. The SMILES string of the molecule is COc1ccc2c(c1)C(=O)c1c(OC)c(OC)cc3c1C2=NCC3. The van der Waals surface area contributed by atoms with E-state index in [1.165, 1.54) is 0 Å². The van der Waals surface area contributed by atoms with Crippen LogP contribution < -0.4 is 14.2 Å². The van der Waals surface area contributed by atoms with Gasteiger partial charge in [0.25, 0.3) is 0 Å². The zero-order valence-electron chi connectivity index (χ0n) is 13.8. The van der Waals surface area contributed by atoms with Gasteiger partial charge in [-0.2, -0.15) is 0 Å². The summed E-state index contributed by atoms with van der Waals surface area (Å²) in [6, 6.07) is 7.47. The number of fused-ring (bicyclic) bond motifs is 2. The highest BCUT2D eigenvalue weighted by molar-refractivity contribution is 6.32. The van der Waals surface area contributed by atoms with Crippen molar-refractivity contribution < 1.29 is 19.0 Å². The second-order valence-electron chi connectivity index (χ2n) is 5.74. The maximum atomic E-state index is 13.2. The van der Waals surface area contributed by atoms with Gasteiger partial charge in [0.1, 0.15) is 5.75 Å². The molecule has 0 N–H and O–H groups in total. The van der Waals surface area contributed by atoms with Gasteiger partial charge in [0, 0.05) is 23.2 Å². The molecule has 2 aliphatic rings. The normalized spacial score (nSPS) is 14.5. The van der Waals surface area contributed by atoms with Crippen molar-refractivity contribution in [2.45, 2.75) is 6.42 Å². The lowest BCUT2D eigenvalue weighted by Gasteiger charge is -2.28. The van der Waals surface area contributed by atoms with Crippen LogP contribution in [-0.2, 0) is 6.42 Å². The maximum Gasteiger partial charge on any atom is 0.198 e. The van der Waals surface area contributed by atoms with Crippen LogP contribution in [-0.4, -0.2) is 39.4 Å². The summed E-state index contributed by atoms with van der Waals surface area (Å²) in [6.45, 7) is 0.691. The first-order chi connectivity index (χ1) is 11.7. The molecule has 4 rings (SSSR count). The number of carbonyl (C=O) groups excluding carboxylic acids is 1. The van der Waals surface area contributed by atoms with E-state index in [1.807, 2.05) is 18.2 Å². The van der Waals surface area contributed by atoms with Crippen LogP contribution in [0.25, 0.3) is 0 Å². The van der Waals surface area contributed by atoms with E-state index in [0.29, 0.717) is 34.9 Å². The molecule has 122 valence electrons. The van der Waals surface area contributed by atoms with Crippen LogP contribution >= 0.6 is 0 Å². The van der Waals surface area contributed by atoms with Gasteiger partial charge in [-0.05, 0) is 36.2 Å². The van der Waals surface area contributed by atoms with E-state index < -0.39 is 0 Å². The molecule has 0 atom stereocenters. The smallest absolute Gasteiger partial charge is 0.198 e. The standard InChI is InChI=1S/C19H17NO4/c1-22-11-4-5-12-13(9-11)18(21)16-15-10(6-7-20-17(12)15)8-14(23-2)19(16)24-3/h4-5,8-9H,6-7H2,1-3H3. The third-order valence-electron chi connectivity index (χ3n) is 4.59. The average molecular weight is 323 g/mol. The van der Waals surface area contributed by atoms with Gasteiger partial charge in [0.2, 0.25) is 0 Å². The van der Waals surface area contributed by atoms with Crippen LogP contribution in [0.3, 0.4) is 0 Å². The third kappa shape index (κ3) is 1.87. The van der Waals surface area contributed by atoms with E-state index in [2.05, 4.69) is 0 Å². The fourth-order valence-corrected chi connectivity index (χ4v) is 3.50. The van der Waals surface area contributed by atoms with Gasteiger partial charge in [-0.1, -0.05) is 0 Å². The van der Waals surface area contributed by atoms with Crippen molar-refractivity contribution in [3.63, 3.8) is 0 Å². The fourth-order valence-electron chi connectivity index (χ4n) is 3.50. The molecule has 0 aromatic heterocycles. The molecular weight excluding hydrogens is 306 g/mol. The van der Waals surface area contributed by atoms with Crippen LogP contribution in [0, 0.1) is 0 Å². The summed E-state index contributed by atoms with van der Waals surface area (Å²) in [6.07, 6.45) is 0.783. The number of rotatable bonds is 3. The minimum Gasteiger partial charge on any atom is -0.497 e. The molecule has 0 saturated heterocycles. The van der Waals surface area contributed by atoms with Crippen molar-refractivity contribution in [3.8, 4) is 17.2 Å². The molecule has 1 aliphatic heterocycles. The highest BCUT2D eigenvalue weighted by atomic mass is 16.5. The summed E-state index contributed by atoms with van der Waals surface area (Å²) in [4.78, 5) is 17.9. The van der Waals surface area contributed by atoms with Crippen LogP contribution in [0.1, 0.15) is 32.6 Å². The number of ether oxygens (including phenoxy) is 3. The Labute approximate surface area is 139 Å². The molecule has 2 aromatic carbocycles. The Morgan fingerprint density at radius 1 is 0.958 bits per heavy atom. The first-order valence-corrected chi connectivity index (χ1v) is 7.75. The Bertz CT molecular complexity index is 899. The topological polar surface area (TPSA) is 57.1 Å². The molecule has 1 aliphatic carbocycles. The zero-order chi connectivity index (χ0) is 16.8. The molecular formula is C19H17NO4. The minimum atomic E-state index is -0.0863. The van der Waals surface area contributed by atoms with Gasteiger partial charge in [0.15, 0.2) is 17.3 Å². The highest BCUT2D eigenvalue weighted by Gasteiger charge is 2.36. The van der Waals surface area contributed by atoms with E-state index in [9.17, 15) is 4.79 Å². The van der Waals surface area contributed by atoms with Crippen LogP contribution in [0.5, 0.6) is 17.2 Å². The van der Waals surface area contributed by atoms with Crippen molar-refractivity contribution in [1.29, 1.82) is 0 Å². The zero-order valence-corrected chi connectivity index (χ0v) is 13.8. The molecule has 0 unspecified atom stereocenters.